The zero-order valence-corrected chi connectivity index (χ0v) is 19.3. The molecule has 0 aliphatic rings. The third kappa shape index (κ3) is 5.71. The molecule has 1 aromatic heterocycles. The minimum Gasteiger partial charge on any atom is -0.392 e. The standard InChI is InChI=1S/C22H24BrN3O3S/c1-3-4-15-5-8-17(9-6-15)24-20(28)13-30-22-25-19-10-7-16(23)11-18(19)21(29)26(22)12-14(2)27/h5-11,14,27H,3-4,12-13H2,1-2H3,(H,24,28)/t14-/m1/s1. The highest BCUT2D eigenvalue weighted by molar-refractivity contribution is 9.10. The van der Waals surface area contributed by atoms with Crippen LogP contribution in [0.25, 0.3) is 10.9 Å². The number of fused-ring (bicyclic) bond motifs is 1. The number of aliphatic hydroxyl groups excluding tert-OH is 1. The Balaban J connectivity index is 1.77. The molecule has 6 nitrogen and oxygen atoms in total. The van der Waals surface area contributed by atoms with E-state index in [9.17, 15) is 14.7 Å². The van der Waals surface area contributed by atoms with Gasteiger partial charge in [-0.25, -0.2) is 4.98 Å². The molecule has 2 N–H and O–H groups in total. The van der Waals surface area contributed by atoms with E-state index in [-0.39, 0.29) is 23.8 Å². The van der Waals surface area contributed by atoms with Gasteiger partial charge in [-0.2, -0.15) is 0 Å². The first-order valence-corrected chi connectivity index (χ1v) is 11.5. The van der Waals surface area contributed by atoms with E-state index in [1.54, 1.807) is 19.1 Å². The van der Waals surface area contributed by atoms with Crippen LogP contribution in [0, 0.1) is 0 Å². The summed E-state index contributed by atoms with van der Waals surface area (Å²) >= 11 is 4.55. The van der Waals surface area contributed by atoms with Crippen LogP contribution in [0.5, 0.6) is 0 Å². The molecule has 8 heteroatoms. The lowest BCUT2D eigenvalue weighted by molar-refractivity contribution is -0.113. The highest BCUT2D eigenvalue weighted by atomic mass is 79.9. The smallest absolute Gasteiger partial charge is 0.262 e. The van der Waals surface area contributed by atoms with E-state index < -0.39 is 6.10 Å². The average molecular weight is 490 g/mol. The van der Waals surface area contributed by atoms with Gasteiger partial charge in [0.05, 0.1) is 29.3 Å². The number of rotatable bonds is 8. The molecule has 0 aliphatic carbocycles. The van der Waals surface area contributed by atoms with Crippen molar-refractivity contribution in [2.45, 2.75) is 44.5 Å². The van der Waals surface area contributed by atoms with Crippen molar-refractivity contribution in [3.05, 3.63) is 62.9 Å². The number of hydrogen-bond donors (Lipinski definition) is 2. The Labute approximate surface area is 187 Å². The summed E-state index contributed by atoms with van der Waals surface area (Å²) in [7, 11) is 0. The van der Waals surface area contributed by atoms with E-state index in [0.717, 1.165) is 23.0 Å². The molecule has 0 saturated heterocycles. The SMILES string of the molecule is CCCc1ccc(NC(=O)CSc2nc3ccc(Br)cc3c(=O)n2C[C@@H](C)O)cc1. The quantitative estimate of drug-likeness (QED) is 0.365. The van der Waals surface area contributed by atoms with E-state index in [0.29, 0.717) is 16.1 Å². The molecule has 30 heavy (non-hydrogen) atoms. The first-order chi connectivity index (χ1) is 14.4. The second-order valence-electron chi connectivity index (χ2n) is 7.10. The van der Waals surface area contributed by atoms with Crippen LogP contribution < -0.4 is 10.9 Å². The van der Waals surface area contributed by atoms with E-state index in [1.165, 1.54) is 21.9 Å². The Morgan fingerprint density at radius 3 is 2.67 bits per heavy atom. The predicted molar refractivity (Wildman–Crippen MR) is 125 cm³/mol. The monoisotopic (exact) mass is 489 g/mol. The second kappa shape index (κ2) is 10.2. The van der Waals surface area contributed by atoms with Crippen molar-refractivity contribution in [2.75, 3.05) is 11.1 Å². The van der Waals surface area contributed by atoms with Crippen LogP contribution in [0.3, 0.4) is 0 Å². The maximum absolute atomic E-state index is 12.9. The minimum atomic E-state index is -0.719. The number of hydrogen-bond acceptors (Lipinski definition) is 5. The average Bonchev–Trinajstić information content (AvgIpc) is 2.71. The van der Waals surface area contributed by atoms with Gasteiger partial charge < -0.3 is 10.4 Å². The van der Waals surface area contributed by atoms with Gasteiger partial charge in [-0.05, 0) is 49.2 Å². The highest BCUT2D eigenvalue weighted by Crippen LogP contribution is 2.21. The van der Waals surface area contributed by atoms with E-state index >= 15 is 0 Å². The van der Waals surface area contributed by atoms with Crippen LogP contribution in [0.2, 0.25) is 0 Å². The van der Waals surface area contributed by atoms with Gasteiger partial charge in [-0.3, -0.25) is 14.2 Å². The summed E-state index contributed by atoms with van der Waals surface area (Å²) in [5.74, 6) is -0.0812. The molecule has 0 fully saturated rings. The molecule has 2 aromatic carbocycles. The van der Waals surface area contributed by atoms with Gasteiger partial charge in [-0.15, -0.1) is 0 Å². The molecule has 158 valence electrons. The number of nitrogens with zero attached hydrogens (tertiary/aromatic N) is 2. The van der Waals surface area contributed by atoms with Crippen LogP contribution in [-0.2, 0) is 17.8 Å². The van der Waals surface area contributed by atoms with E-state index in [1.807, 2.05) is 30.3 Å². The Hall–Kier alpha value is -2.16. The summed E-state index contributed by atoms with van der Waals surface area (Å²) in [6.07, 6.45) is 1.37. The number of thioether (sulfide) groups is 1. The summed E-state index contributed by atoms with van der Waals surface area (Å²) in [6, 6.07) is 13.1. The second-order valence-corrected chi connectivity index (χ2v) is 8.96. The lowest BCUT2D eigenvalue weighted by atomic mass is 10.1. The van der Waals surface area contributed by atoms with Crippen molar-refractivity contribution in [2.24, 2.45) is 0 Å². The van der Waals surface area contributed by atoms with Crippen molar-refractivity contribution in [1.82, 2.24) is 9.55 Å². The number of amides is 1. The van der Waals surface area contributed by atoms with Crippen molar-refractivity contribution in [3.63, 3.8) is 0 Å². The minimum absolute atomic E-state index is 0.102. The topological polar surface area (TPSA) is 84.2 Å². The number of aryl methyl sites for hydroxylation is 1. The number of aromatic nitrogens is 2. The van der Waals surface area contributed by atoms with Crippen molar-refractivity contribution < 1.29 is 9.90 Å². The summed E-state index contributed by atoms with van der Waals surface area (Å²) in [6.45, 7) is 3.85. The van der Waals surface area contributed by atoms with Gasteiger partial charge in [0, 0.05) is 10.2 Å². The molecule has 0 saturated carbocycles. The summed E-state index contributed by atoms with van der Waals surface area (Å²) < 4.78 is 2.21. The Morgan fingerprint density at radius 2 is 2.00 bits per heavy atom. The maximum atomic E-state index is 12.9. The molecule has 3 rings (SSSR count). The molecule has 3 aromatic rings. The molecular formula is C22H24BrN3O3S. The number of carbonyl (C=O) groups is 1. The first-order valence-electron chi connectivity index (χ1n) is 9.77. The fourth-order valence-electron chi connectivity index (χ4n) is 3.08. The number of carbonyl (C=O) groups excluding carboxylic acids is 1. The third-order valence-corrected chi connectivity index (χ3v) is 5.91. The molecule has 0 unspecified atom stereocenters. The Kier molecular flexibility index (Phi) is 7.69. The molecule has 0 aliphatic heterocycles. The number of halogens is 1. The highest BCUT2D eigenvalue weighted by Gasteiger charge is 2.15. The molecule has 0 bridgehead atoms. The lowest BCUT2D eigenvalue weighted by Gasteiger charge is -2.14. The van der Waals surface area contributed by atoms with Crippen molar-refractivity contribution in [1.29, 1.82) is 0 Å². The normalized spacial score (nSPS) is 12.1. The molecule has 1 heterocycles. The zero-order chi connectivity index (χ0) is 21.7. The zero-order valence-electron chi connectivity index (χ0n) is 16.9. The van der Waals surface area contributed by atoms with Gasteiger partial charge >= 0.3 is 0 Å². The van der Waals surface area contributed by atoms with E-state index in [4.69, 9.17) is 0 Å². The summed E-state index contributed by atoms with van der Waals surface area (Å²) in [5.41, 5.74) is 2.29. The summed E-state index contributed by atoms with van der Waals surface area (Å²) in [5, 5.41) is 13.6. The van der Waals surface area contributed by atoms with Gasteiger partial charge in [0.15, 0.2) is 5.16 Å². The predicted octanol–water partition coefficient (Wildman–Crippen LogP) is 4.22. The van der Waals surface area contributed by atoms with Crippen LogP contribution in [0.4, 0.5) is 5.69 Å². The molecular weight excluding hydrogens is 466 g/mol. The summed E-state index contributed by atoms with van der Waals surface area (Å²) in [4.78, 5) is 29.9. The molecule has 0 spiro atoms. The number of nitrogens with one attached hydrogen (secondary N) is 1. The van der Waals surface area contributed by atoms with Gasteiger partial charge in [0.1, 0.15) is 0 Å². The Bertz CT molecular complexity index is 1100. The third-order valence-electron chi connectivity index (χ3n) is 4.44. The molecule has 1 atom stereocenters. The largest absolute Gasteiger partial charge is 0.392 e. The maximum Gasteiger partial charge on any atom is 0.262 e. The fourth-order valence-corrected chi connectivity index (χ4v) is 4.25. The fraction of sp³-hybridized carbons (Fsp3) is 0.318. The van der Waals surface area contributed by atoms with Gasteiger partial charge in [-0.1, -0.05) is 53.2 Å². The van der Waals surface area contributed by atoms with Crippen LogP contribution >= 0.6 is 27.7 Å². The van der Waals surface area contributed by atoms with Gasteiger partial charge in [0.2, 0.25) is 5.91 Å². The number of benzene rings is 2. The van der Waals surface area contributed by atoms with Crippen LogP contribution in [0.15, 0.2) is 56.9 Å². The lowest BCUT2D eigenvalue weighted by Crippen LogP contribution is -2.28. The first kappa shape index (κ1) is 22.5. The van der Waals surface area contributed by atoms with Gasteiger partial charge in [0.25, 0.3) is 5.56 Å². The van der Waals surface area contributed by atoms with Crippen LogP contribution in [-0.4, -0.2) is 32.4 Å². The molecule has 0 radical (unpaired) electrons. The number of aliphatic hydroxyl groups is 1. The molecule has 1 amide bonds. The van der Waals surface area contributed by atoms with Crippen molar-refractivity contribution >= 4 is 50.2 Å². The Morgan fingerprint density at radius 1 is 1.27 bits per heavy atom. The van der Waals surface area contributed by atoms with Crippen molar-refractivity contribution in [3.8, 4) is 0 Å². The number of anilines is 1. The van der Waals surface area contributed by atoms with E-state index in [2.05, 4.69) is 33.2 Å². The van der Waals surface area contributed by atoms with Crippen LogP contribution in [0.1, 0.15) is 25.8 Å².